The SMILES string of the molecule is Cc1cc(CNC2CCC(C(C)(C)C)CC2)no1. The molecule has 3 nitrogen and oxygen atoms in total. The largest absolute Gasteiger partial charge is 0.361 e. The van der Waals surface area contributed by atoms with Gasteiger partial charge in [-0.1, -0.05) is 25.9 Å². The first-order valence-electron chi connectivity index (χ1n) is 7.11. The van der Waals surface area contributed by atoms with Crippen LogP contribution in [0.1, 0.15) is 57.9 Å². The van der Waals surface area contributed by atoms with Gasteiger partial charge in [0.25, 0.3) is 0 Å². The normalized spacial score (nSPS) is 25.3. The summed E-state index contributed by atoms with van der Waals surface area (Å²) in [5.41, 5.74) is 1.49. The molecule has 0 saturated heterocycles. The number of nitrogens with one attached hydrogen (secondary N) is 1. The van der Waals surface area contributed by atoms with E-state index in [1.807, 2.05) is 13.0 Å². The van der Waals surface area contributed by atoms with Crippen molar-refractivity contribution in [3.63, 3.8) is 0 Å². The predicted molar refractivity (Wildman–Crippen MR) is 73.3 cm³/mol. The summed E-state index contributed by atoms with van der Waals surface area (Å²) < 4.78 is 5.08. The van der Waals surface area contributed by atoms with Gasteiger partial charge >= 0.3 is 0 Å². The van der Waals surface area contributed by atoms with Gasteiger partial charge in [0.2, 0.25) is 0 Å². The minimum atomic E-state index is 0.466. The van der Waals surface area contributed by atoms with E-state index in [0.29, 0.717) is 11.5 Å². The lowest BCUT2D eigenvalue weighted by molar-refractivity contribution is 0.159. The molecule has 0 bridgehead atoms. The highest BCUT2D eigenvalue weighted by molar-refractivity contribution is 5.03. The average molecular weight is 250 g/mol. The Morgan fingerprint density at radius 2 is 1.94 bits per heavy atom. The zero-order valence-electron chi connectivity index (χ0n) is 12.1. The molecule has 1 aliphatic carbocycles. The fraction of sp³-hybridized carbons (Fsp3) is 0.800. The first kappa shape index (κ1) is 13.6. The van der Waals surface area contributed by atoms with Crippen LogP contribution in [0.2, 0.25) is 0 Å². The molecule has 0 atom stereocenters. The Morgan fingerprint density at radius 3 is 2.44 bits per heavy atom. The van der Waals surface area contributed by atoms with Crippen LogP contribution in [0.25, 0.3) is 0 Å². The lowest BCUT2D eigenvalue weighted by Crippen LogP contribution is -2.35. The Hall–Kier alpha value is -0.830. The van der Waals surface area contributed by atoms with Crippen molar-refractivity contribution in [2.45, 2.75) is 66.0 Å². The number of aromatic nitrogens is 1. The molecule has 0 amide bonds. The molecule has 0 aromatic carbocycles. The molecule has 1 aliphatic rings. The van der Waals surface area contributed by atoms with Gasteiger partial charge in [0, 0.05) is 18.7 Å². The molecule has 1 saturated carbocycles. The van der Waals surface area contributed by atoms with Crippen molar-refractivity contribution in [1.82, 2.24) is 10.5 Å². The smallest absolute Gasteiger partial charge is 0.133 e. The molecular weight excluding hydrogens is 224 g/mol. The average Bonchev–Trinajstić information content (AvgIpc) is 2.72. The van der Waals surface area contributed by atoms with E-state index in [1.165, 1.54) is 25.7 Å². The van der Waals surface area contributed by atoms with Crippen LogP contribution in [0.4, 0.5) is 0 Å². The third-order valence-corrected chi connectivity index (χ3v) is 4.20. The zero-order chi connectivity index (χ0) is 13.2. The summed E-state index contributed by atoms with van der Waals surface area (Å²) in [6, 6.07) is 2.66. The van der Waals surface area contributed by atoms with Crippen molar-refractivity contribution in [3.05, 3.63) is 17.5 Å². The summed E-state index contributed by atoms with van der Waals surface area (Å²) in [6.45, 7) is 9.87. The van der Waals surface area contributed by atoms with Crippen LogP contribution in [0, 0.1) is 18.3 Å². The number of hydrogen-bond donors (Lipinski definition) is 1. The molecule has 1 heterocycles. The highest BCUT2D eigenvalue weighted by atomic mass is 16.5. The van der Waals surface area contributed by atoms with Crippen LogP contribution in [0.3, 0.4) is 0 Å². The van der Waals surface area contributed by atoms with E-state index in [-0.39, 0.29) is 0 Å². The maximum atomic E-state index is 5.08. The van der Waals surface area contributed by atoms with E-state index in [2.05, 4.69) is 31.2 Å². The predicted octanol–water partition coefficient (Wildman–Crippen LogP) is 3.68. The molecule has 1 fully saturated rings. The lowest BCUT2D eigenvalue weighted by atomic mass is 9.71. The van der Waals surface area contributed by atoms with Gasteiger partial charge in [0.1, 0.15) is 5.76 Å². The van der Waals surface area contributed by atoms with Crippen molar-refractivity contribution < 1.29 is 4.52 Å². The van der Waals surface area contributed by atoms with Gasteiger partial charge in [-0.25, -0.2) is 0 Å². The Labute approximate surface area is 110 Å². The first-order valence-corrected chi connectivity index (χ1v) is 7.11. The van der Waals surface area contributed by atoms with E-state index < -0.39 is 0 Å². The molecule has 0 spiro atoms. The summed E-state index contributed by atoms with van der Waals surface area (Å²) in [6.07, 6.45) is 5.27. The summed E-state index contributed by atoms with van der Waals surface area (Å²) in [7, 11) is 0. The van der Waals surface area contributed by atoms with Gasteiger partial charge in [-0.2, -0.15) is 0 Å². The Bertz CT molecular complexity index is 370. The number of nitrogens with zero attached hydrogens (tertiary/aromatic N) is 1. The summed E-state index contributed by atoms with van der Waals surface area (Å²) >= 11 is 0. The van der Waals surface area contributed by atoms with Gasteiger partial charge < -0.3 is 9.84 Å². The molecule has 102 valence electrons. The van der Waals surface area contributed by atoms with Crippen LogP contribution in [-0.4, -0.2) is 11.2 Å². The minimum Gasteiger partial charge on any atom is -0.361 e. The van der Waals surface area contributed by atoms with Gasteiger partial charge in [-0.05, 0) is 43.9 Å². The van der Waals surface area contributed by atoms with E-state index in [1.54, 1.807) is 0 Å². The van der Waals surface area contributed by atoms with Gasteiger partial charge in [-0.3, -0.25) is 0 Å². The molecule has 1 aromatic rings. The van der Waals surface area contributed by atoms with Gasteiger partial charge in [0.05, 0.1) is 5.69 Å². The zero-order valence-corrected chi connectivity index (χ0v) is 12.1. The molecule has 1 N–H and O–H groups in total. The summed E-state index contributed by atoms with van der Waals surface area (Å²) in [4.78, 5) is 0. The highest BCUT2D eigenvalue weighted by Gasteiger charge is 2.29. The first-order chi connectivity index (χ1) is 8.45. The fourth-order valence-corrected chi connectivity index (χ4v) is 2.91. The Kier molecular flexibility index (Phi) is 4.10. The standard InChI is InChI=1S/C15H26N2O/c1-11-9-14(17-18-11)10-16-13-7-5-12(6-8-13)15(2,3)4/h9,12-13,16H,5-8,10H2,1-4H3. The Morgan fingerprint density at radius 1 is 1.28 bits per heavy atom. The van der Waals surface area contributed by atoms with Crippen molar-refractivity contribution >= 4 is 0 Å². The Balaban J connectivity index is 1.74. The molecule has 0 unspecified atom stereocenters. The molecule has 2 rings (SSSR count). The van der Waals surface area contributed by atoms with E-state index in [4.69, 9.17) is 4.52 Å². The monoisotopic (exact) mass is 250 g/mol. The summed E-state index contributed by atoms with van der Waals surface area (Å²) in [5, 5.41) is 7.62. The van der Waals surface area contributed by atoms with Crippen LogP contribution in [0.5, 0.6) is 0 Å². The third kappa shape index (κ3) is 3.58. The maximum absolute atomic E-state index is 5.08. The van der Waals surface area contributed by atoms with E-state index >= 15 is 0 Å². The van der Waals surface area contributed by atoms with Crippen molar-refractivity contribution in [2.24, 2.45) is 11.3 Å². The highest BCUT2D eigenvalue weighted by Crippen LogP contribution is 2.37. The fourth-order valence-electron chi connectivity index (χ4n) is 2.91. The number of rotatable bonds is 3. The second-order valence-corrected chi connectivity index (χ2v) is 6.72. The maximum Gasteiger partial charge on any atom is 0.133 e. The quantitative estimate of drug-likeness (QED) is 0.889. The van der Waals surface area contributed by atoms with E-state index in [0.717, 1.165) is 23.9 Å². The third-order valence-electron chi connectivity index (χ3n) is 4.20. The molecule has 0 aliphatic heterocycles. The van der Waals surface area contributed by atoms with Gasteiger partial charge in [0.15, 0.2) is 0 Å². The van der Waals surface area contributed by atoms with E-state index in [9.17, 15) is 0 Å². The van der Waals surface area contributed by atoms with Crippen LogP contribution in [0.15, 0.2) is 10.6 Å². The van der Waals surface area contributed by atoms with Crippen LogP contribution in [-0.2, 0) is 6.54 Å². The van der Waals surface area contributed by atoms with Gasteiger partial charge in [-0.15, -0.1) is 0 Å². The minimum absolute atomic E-state index is 0.466. The molecule has 3 heteroatoms. The molecule has 1 aromatic heterocycles. The van der Waals surface area contributed by atoms with Crippen molar-refractivity contribution in [3.8, 4) is 0 Å². The second-order valence-electron chi connectivity index (χ2n) is 6.72. The topological polar surface area (TPSA) is 38.1 Å². The van der Waals surface area contributed by atoms with Crippen LogP contribution >= 0.6 is 0 Å². The molecule has 18 heavy (non-hydrogen) atoms. The molecule has 0 radical (unpaired) electrons. The lowest BCUT2D eigenvalue weighted by Gasteiger charge is -2.37. The summed E-state index contributed by atoms with van der Waals surface area (Å²) in [5.74, 6) is 1.77. The van der Waals surface area contributed by atoms with Crippen LogP contribution < -0.4 is 5.32 Å². The number of hydrogen-bond acceptors (Lipinski definition) is 3. The van der Waals surface area contributed by atoms with Crippen molar-refractivity contribution in [1.29, 1.82) is 0 Å². The second kappa shape index (κ2) is 5.43. The number of aryl methyl sites for hydroxylation is 1. The van der Waals surface area contributed by atoms with Crippen molar-refractivity contribution in [2.75, 3.05) is 0 Å². The molecular formula is C15H26N2O.